The third-order valence-corrected chi connectivity index (χ3v) is 7.35. The number of esters is 1. The molecule has 1 saturated heterocycles. The number of carbonyl (C=O) groups is 2. The number of hydrogen-bond acceptors (Lipinski definition) is 8. The summed E-state index contributed by atoms with van der Waals surface area (Å²) in [4.78, 5) is 26.4. The van der Waals surface area contributed by atoms with Crippen LogP contribution in [0.5, 0.6) is 11.5 Å². The van der Waals surface area contributed by atoms with Gasteiger partial charge < -0.3 is 23.8 Å². The minimum atomic E-state index is -3.73. The van der Waals surface area contributed by atoms with E-state index in [0.717, 1.165) is 0 Å². The third kappa shape index (κ3) is 5.70. The number of fused-ring (bicyclic) bond motifs is 1. The second-order valence-corrected chi connectivity index (χ2v) is 9.48. The van der Waals surface area contributed by atoms with Crippen LogP contribution in [0, 0.1) is 5.92 Å². The number of carbonyl (C=O) groups excluding carboxylic acids is 2. The molecule has 0 saturated carbocycles. The maximum atomic E-state index is 13.1. The van der Waals surface area contributed by atoms with Crippen molar-refractivity contribution in [2.45, 2.75) is 24.7 Å². The largest absolute Gasteiger partial charge is 0.486 e. The molecule has 10 nitrogen and oxygen atoms in total. The van der Waals surface area contributed by atoms with Crippen molar-refractivity contribution in [1.82, 2.24) is 9.21 Å². The first-order valence-corrected chi connectivity index (χ1v) is 12.1. The number of rotatable bonds is 9. The van der Waals surface area contributed by atoms with Crippen molar-refractivity contribution in [1.29, 1.82) is 0 Å². The van der Waals surface area contributed by atoms with Crippen molar-refractivity contribution in [3.8, 4) is 11.5 Å². The Morgan fingerprint density at radius 3 is 2.50 bits per heavy atom. The summed E-state index contributed by atoms with van der Waals surface area (Å²) in [5.41, 5.74) is 0. The summed E-state index contributed by atoms with van der Waals surface area (Å²) in [6, 6.07) is 4.58. The van der Waals surface area contributed by atoms with Crippen LogP contribution in [0.3, 0.4) is 0 Å². The van der Waals surface area contributed by atoms with Gasteiger partial charge >= 0.3 is 5.97 Å². The Hall–Kier alpha value is -2.37. The standard InChI is InChI=1S/C21H30N2O8S/c1-3-29-20(24)15-22(10-11-28-2)21(25)16-6-8-23(9-7-16)32(26,27)17-4-5-18-19(14-17)31-13-12-30-18/h4-5,14,16H,3,6-13,15H2,1-2H3. The second kappa shape index (κ2) is 11.0. The molecule has 2 aliphatic rings. The predicted molar refractivity (Wildman–Crippen MR) is 114 cm³/mol. The molecule has 0 N–H and O–H groups in total. The topological polar surface area (TPSA) is 112 Å². The van der Waals surface area contributed by atoms with Crippen LogP contribution in [-0.4, -0.2) is 89.2 Å². The van der Waals surface area contributed by atoms with E-state index in [1.165, 1.54) is 28.4 Å². The van der Waals surface area contributed by atoms with Gasteiger partial charge in [0.2, 0.25) is 15.9 Å². The first-order chi connectivity index (χ1) is 15.4. The fourth-order valence-electron chi connectivity index (χ4n) is 3.77. The highest BCUT2D eigenvalue weighted by atomic mass is 32.2. The van der Waals surface area contributed by atoms with Crippen molar-refractivity contribution in [3.63, 3.8) is 0 Å². The van der Waals surface area contributed by atoms with Crippen LogP contribution in [0.15, 0.2) is 23.1 Å². The summed E-state index contributed by atoms with van der Waals surface area (Å²) in [7, 11) is -2.20. The Bertz CT molecular complexity index is 912. The number of amides is 1. The number of sulfonamides is 1. The van der Waals surface area contributed by atoms with Crippen LogP contribution in [0.25, 0.3) is 0 Å². The summed E-state index contributed by atoms with van der Waals surface area (Å²) in [5, 5.41) is 0. The Balaban J connectivity index is 1.63. The summed E-state index contributed by atoms with van der Waals surface area (Å²) < 4.78 is 48.5. The molecule has 1 aromatic rings. The van der Waals surface area contributed by atoms with E-state index in [2.05, 4.69) is 0 Å². The van der Waals surface area contributed by atoms with Gasteiger partial charge in [-0.25, -0.2) is 8.42 Å². The van der Waals surface area contributed by atoms with Crippen LogP contribution in [-0.2, 0) is 29.1 Å². The van der Waals surface area contributed by atoms with Gasteiger partial charge in [-0.2, -0.15) is 4.31 Å². The molecule has 32 heavy (non-hydrogen) atoms. The minimum absolute atomic E-state index is 0.135. The van der Waals surface area contributed by atoms with Crippen molar-refractivity contribution in [2.24, 2.45) is 5.92 Å². The van der Waals surface area contributed by atoms with Gasteiger partial charge in [-0.05, 0) is 31.9 Å². The highest BCUT2D eigenvalue weighted by molar-refractivity contribution is 7.89. The Morgan fingerprint density at radius 1 is 1.16 bits per heavy atom. The lowest BCUT2D eigenvalue weighted by atomic mass is 9.96. The molecule has 11 heteroatoms. The lowest BCUT2D eigenvalue weighted by Gasteiger charge is -2.33. The van der Waals surface area contributed by atoms with Gasteiger partial charge in [0.25, 0.3) is 0 Å². The number of nitrogens with zero attached hydrogens (tertiary/aromatic N) is 2. The van der Waals surface area contributed by atoms with Crippen LogP contribution >= 0.6 is 0 Å². The number of benzene rings is 1. The fourth-order valence-corrected chi connectivity index (χ4v) is 5.25. The van der Waals surface area contributed by atoms with Gasteiger partial charge in [-0.3, -0.25) is 9.59 Å². The van der Waals surface area contributed by atoms with Gasteiger partial charge in [-0.15, -0.1) is 0 Å². The number of methoxy groups -OCH3 is 1. The summed E-state index contributed by atoms with van der Waals surface area (Å²) in [6.07, 6.45) is 0.740. The fraction of sp³-hybridized carbons (Fsp3) is 0.619. The molecule has 1 amide bonds. The lowest BCUT2D eigenvalue weighted by molar-refractivity contribution is -0.151. The molecule has 0 bridgehead atoms. The average Bonchev–Trinajstić information content (AvgIpc) is 2.81. The van der Waals surface area contributed by atoms with E-state index in [4.69, 9.17) is 18.9 Å². The highest BCUT2D eigenvalue weighted by Crippen LogP contribution is 2.34. The zero-order valence-corrected chi connectivity index (χ0v) is 19.3. The molecule has 2 heterocycles. The number of ether oxygens (including phenoxy) is 4. The van der Waals surface area contributed by atoms with E-state index >= 15 is 0 Å². The monoisotopic (exact) mass is 470 g/mol. The molecule has 0 radical (unpaired) electrons. The van der Waals surface area contributed by atoms with Gasteiger partial charge in [-0.1, -0.05) is 0 Å². The molecule has 3 rings (SSSR count). The molecular formula is C21H30N2O8S. The molecule has 0 unspecified atom stereocenters. The van der Waals surface area contributed by atoms with Crippen LogP contribution in [0.1, 0.15) is 19.8 Å². The van der Waals surface area contributed by atoms with Gasteiger partial charge in [0.1, 0.15) is 19.8 Å². The molecule has 2 aliphatic heterocycles. The summed E-state index contributed by atoms with van der Waals surface area (Å²) >= 11 is 0. The van der Waals surface area contributed by atoms with Crippen LogP contribution in [0.2, 0.25) is 0 Å². The molecular weight excluding hydrogens is 440 g/mol. The number of hydrogen-bond donors (Lipinski definition) is 0. The third-order valence-electron chi connectivity index (χ3n) is 5.46. The molecule has 0 aliphatic carbocycles. The maximum absolute atomic E-state index is 13.1. The highest BCUT2D eigenvalue weighted by Gasteiger charge is 2.35. The van der Waals surface area contributed by atoms with Crippen molar-refractivity contribution >= 4 is 21.9 Å². The average molecular weight is 471 g/mol. The van der Waals surface area contributed by atoms with Crippen LogP contribution < -0.4 is 9.47 Å². The lowest BCUT2D eigenvalue weighted by Crippen LogP contribution is -2.46. The van der Waals surface area contributed by atoms with E-state index in [0.29, 0.717) is 44.2 Å². The van der Waals surface area contributed by atoms with Crippen molar-refractivity contribution in [2.75, 3.05) is 59.7 Å². The zero-order valence-electron chi connectivity index (χ0n) is 18.4. The van der Waals surface area contributed by atoms with Gasteiger partial charge in [0, 0.05) is 38.7 Å². The summed E-state index contributed by atoms with van der Waals surface area (Å²) in [6.45, 7) is 3.58. The first-order valence-electron chi connectivity index (χ1n) is 10.7. The van der Waals surface area contributed by atoms with Gasteiger partial charge in [0.15, 0.2) is 11.5 Å². The maximum Gasteiger partial charge on any atom is 0.325 e. The van der Waals surface area contributed by atoms with E-state index < -0.39 is 16.0 Å². The smallest absolute Gasteiger partial charge is 0.325 e. The molecule has 178 valence electrons. The Morgan fingerprint density at radius 2 is 1.84 bits per heavy atom. The Labute approximate surface area is 188 Å². The van der Waals surface area contributed by atoms with Crippen molar-refractivity contribution in [3.05, 3.63) is 18.2 Å². The molecule has 0 atom stereocenters. The molecule has 1 aromatic carbocycles. The molecule has 0 spiro atoms. The number of piperidine rings is 1. The van der Waals surface area contributed by atoms with Gasteiger partial charge in [0.05, 0.1) is 18.1 Å². The van der Waals surface area contributed by atoms with Crippen LogP contribution in [0.4, 0.5) is 0 Å². The second-order valence-electron chi connectivity index (χ2n) is 7.54. The molecule has 1 fully saturated rings. The predicted octanol–water partition coefficient (Wildman–Crippen LogP) is 0.897. The first kappa shape index (κ1) is 24.3. The van der Waals surface area contributed by atoms with E-state index in [-0.39, 0.29) is 49.5 Å². The van der Waals surface area contributed by atoms with Crippen molar-refractivity contribution < 1.29 is 37.0 Å². The van der Waals surface area contributed by atoms with E-state index in [1.54, 1.807) is 13.0 Å². The zero-order chi connectivity index (χ0) is 23.1. The quantitative estimate of drug-likeness (QED) is 0.490. The minimum Gasteiger partial charge on any atom is -0.486 e. The molecule has 0 aromatic heterocycles. The van der Waals surface area contributed by atoms with E-state index in [1.807, 2.05) is 0 Å². The van der Waals surface area contributed by atoms with E-state index in [9.17, 15) is 18.0 Å². The Kier molecular flexibility index (Phi) is 8.32. The SMILES string of the molecule is CCOC(=O)CN(CCOC)C(=O)C1CCN(S(=O)(=O)c2ccc3c(c2)OCCO3)CC1. The summed E-state index contributed by atoms with van der Waals surface area (Å²) in [5.74, 6) is -0.0950. The normalized spacial score (nSPS) is 17.1.